The summed E-state index contributed by atoms with van der Waals surface area (Å²) in [5.74, 6) is 0.112. The van der Waals surface area contributed by atoms with Gasteiger partial charge in [-0.25, -0.2) is 8.42 Å². The van der Waals surface area contributed by atoms with Gasteiger partial charge < -0.3 is 14.6 Å². The van der Waals surface area contributed by atoms with E-state index in [0.29, 0.717) is 11.5 Å². The molecule has 0 saturated heterocycles. The number of carbonyl (C=O) groups is 1. The van der Waals surface area contributed by atoms with Crippen LogP contribution < -0.4 is 14.4 Å². The number of carboxylic acids is 1. The molecular formula is C43H33NO5S. The Morgan fingerprint density at radius 1 is 0.500 bits per heavy atom. The molecule has 50 heavy (non-hydrogen) atoms. The summed E-state index contributed by atoms with van der Waals surface area (Å²) in [5.41, 5.74) is 7.58. The summed E-state index contributed by atoms with van der Waals surface area (Å²) in [5, 5.41) is 8.89. The van der Waals surface area contributed by atoms with E-state index < -0.39 is 15.8 Å². The summed E-state index contributed by atoms with van der Waals surface area (Å²) < 4.78 is 34.4. The zero-order valence-corrected chi connectivity index (χ0v) is 28.0. The number of pyridine rings is 1. The van der Waals surface area contributed by atoms with Gasteiger partial charge in [-0.15, -0.1) is 0 Å². The first-order chi connectivity index (χ1) is 24.3. The molecule has 6 aromatic carbocycles. The summed E-state index contributed by atoms with van der Waals surface area (Å²) in [4.78, 5) is 9.37. The first kappa shape index (κ1) is 33.6. The van der Waals surface area contributed by atoms with E-state index in [1.54, 1.807) is 54.6 Å². The number of hydrogen-bond donors (Lipinski definition) is 0. The minimum Gasteiger partial charge on any atom is -0.550 e. The monoisotopic (exact) mass is 675 g/mol. The SMILES string of the molecule is CC(=O)[O-].O=S(=O)(c1ccccc1)c1ccc(Oc2ccc(-[n+]3c(-c4ccccc4)cc(-c4ccccc4)cc3-c3ccccc3)cc2)cc1. The smallest absolute Gasteiger partial charge is 0.219 e. The van der Waals surface area contributed by atoms with E-state index in [1.165, 1.54) is 0 Å². The highest BCUT2D eigenvalue weighted by atomic mass is 32.2. The van der Waals surface area contributed by atoms with E-state index in [2.05, 4.69) is 89.5 Å². The molecule has 0 aliphatic carbocycles. The maximum atomic E-state index is 13.0. The van der Waals surface area contributed by atoms with Crippen LogP contribution in [0.5, 0.6) is 11.5 Å². The summed E-state index contributed by atoms with van der Waals surface area (Å²) >= 11 is 0. The second-order valence-electron chi connectivity index (χ2n) is 11.3. The summed E-state index contributed by atoms with van der Waals surface area (Å²) in [6.45, 7) is 0.972. The Balaban J connectivity index is 0.00000103. The van der Waals surface area contributed by atoms with Crippen molar-refractivity contribution in [1.29, 1.82) is 0 Å². The van der Waals surface area contributed by atoms with Crippen LogP contribution >= 0.6 is 0 Å². The highest BCUT2D eigenvalue weighted by Crippen LogP contribution is 2.32. The normalized spacial score (nSPS) is 10.8. The third-order valence-corrected chi connectivity index (χ3v) is 9.62. The number of ether oxygens (including phenoxy) is 1. The summed E-state index contributed by atoms with van der Waals surface area (Å²) in [6, 6.07) is 58.7. The van der Waals surface area contributed by atoms with Gasteiger partial charge >= 0.3 is 0 Å². The molecule has 6 nitrogen and oxygen atoms in total. The molecule has 246 valence electrons. The van der Waals surface area contributed by atoms with E-state index in [9.17, 15) is 8.42 Å². The molecule has 7 aromatic rings. The largest absolute Gasteiger partial charge is 0.550 e. The van der Waals surface area contributed by atoms with E-state index in [1.807, 2.05) is 42.5 Å². The maximum absolute atomic E-state index is 13.0. The van der Waals surface area contributed by atoms with Crippen molar-refractivity contribution in [2.45, 2.75) is 16.7 Å². The van der Waals surface area contributed by atoms with Crippen LogP contribution in [0, 0.1) is 0 Å². The second kappa shape index (κ2) is 15.3. The van der Waals surface area contributed by atoms with Crippen LogP contribution in [0.1, 0.15) is 6.92 Å². The van der Waals surface area contributed by atoms with Gasteiger partial charge in [0.1, 0.15) is 11.5 Å². The molecule has 7 heteroatoms. The highest BCUT2D eigenvalue weighted by Gasteiger charge is 2.25. The van der Waals surface area contributed by atoms with Crippen LogP contribution in [-0.2, 0) is 14.6 Å². The van der Waals surface area contributed by atoms with Crippen molar-refractivity contribution in [3.05, 3.63) is 182 Å². The number of nitrogens with zero attached hydrogens (tertiary/aromatic N) is 1. The van der Waals surface area contributed by atoms with Crippen LogP contribution in [0.25, 0.3) is 39.3 Å². The Labute approximate surface area is 292 Å². The number of sulfone groups is 1. The summed E-state index contributed by atoms with van der Waals surface area (Å²) in [6.07, 6.45) is 0. The molecule has 0 unspecified atom stereocenters. The number of aromatic nitrogens is 1. The molecule has 1 heterocycles. The van der Waals surface area contributed by atoms with Crippen LogP contribution in [0.15, 0.2) is 192 Å². The standard InChI is InChI=1S/C41H30NO3S.C2H4O2/c43-46(44,38-19-11-4-12-20-38)39-27-25-37(26-28-39)45-36-23-21-35(22-24-36)42-40(32-15-7-2-8-16-32)29-34(31-13-5-1-6-14-31)30-41(42)33-17-9-3-10-18-33;1-2(3)4/h1-30H;1H3,(H,3,4)/q+1;/p-1. The Hall–Kier alpha value is -6.31. The van der Waals surface area contributed by atoms with E-state index in [0.717, 1.165) is 46.3 Å². The molecular weight excluding hydrogens is 643 g/mol. The lowest BCUT2D eigenvalue weighted by atomic mass is 9.98. The van der Waals surface area contributed by atoms with Gasteiger partial charge in [0.2, 0.25) is 26.9 Å². The fourth-order valence-corrected chi connectivity index (χ4v) is 6.82. The lowest BCUT2D eigenvalue weighted by molar-refractivity contribution is -0.572. The van der Waals surface area contributed by atoms with Gasteiger partial charge in [-0.2, -0.15) is 4.57 Å². The fourth-order valence-electron chi connectivity index (χ4n) is 5.54. The predicted octanol–water partition coefficient (Wildman–Crippen LogP) is 8.35. The molecule has 0 saturated carbocycles. The zero-order chi connectivity index (χ0) is 34.9. The van der Waals surface area contributed by atoms with Crippen LogP contribution in [0.2, 0.25) is 0 Å². The molecule has 0 aliphatic heterocycles. The quantitative estimate of drug-likeness (QED) is 0.151. The number of benzene rings is 6. The molecule has 0 spiro atoms. The second-order valence-corrected chi connectivity index (χ2v) is 13.3. The number of aliphatic carboxylic acids is 1. The molecule has 0 amide bonds. The molecule has 0 radical (unpaired) electrons. The van der Waals surface area contributed by atoms with Crippen molar-refractivity contribution >= 4 is 15.8 Å². The Bertz CT molecular complexity index is 2230. The van der Waals surface area contributed by atoms with Gasteiger partial charge in [-0.05, 0) is 90.8 Å². The molecule has 1 aromatic heterocycles. The van der Waals surface area contributed by atoms with Crippen molar-refractivity contribution in [2.24, 2.45) is 0 Å². The van der Waals surface area contributed by atoms with E-state index in [4.69, 9.17) is 14.6 Å². The van der Waals surface area contributed by atoms with Crippen molar-refractivity contribution in [3.63, 3.8) is 0 Å². The number of rotatable bonds is 8. The van der Waals surface area contributed by atoms with Crippen LogP contribution in [-0.4, -0.2) is 14.4 Å². The van der Waals surface area contributed by atoms with Crippen molar-refractivity contribution in [1.82, 2.24) is 0 Å². The number of carbonyl (C=O) groups excluding carboxylic acids is 1. The minimum atomic E-state index is -3.60. The third-order valence-electron chi connectivity index (χ3n) is 7.83. The number of carboxylic acid groups (broad SMARTS) is 1. The predicted molar refractivity (Wildman–Crippen MR) is 193 cm³/mol. The van der Waals surface area contributed by atoms with Crippen LogP contribution in [0.4, 0.5) is 0 Å². The van der Waals surface area contributed by atoms with Gasteiger partial charge in [0, 0.05) is 41.4 Å². The van der Waals surface area contributed by atoms with Gasteiger partial charge in [-0.1, -0.05) is 84.9 Å². The Morgan fingerprint density at radius 2 is 0.860 bits per heavy atom. The molecule has 7 rings (SSSR count). The Kier molecular flexibility index (Phi) is 10.3. The maximum Gasteiger partial charge on any atom is 0.219 e. The van der Waals surface area contributed by atoms with Gasteiger partial charge in [0.25, 0.3) is 0 Å². The molecule has 0 fully saturated rings. The highest BCUT2D eigenvalue weighted by molar-refractivity contribution is 7.91. The fraction of sp³-hybridized carbons (Fsp3) is 0.0233. The molecule has 0 aliphatic rings. The molecule has 0 N–H and O–H groups in total. The lowest BCUT2D eigenvalue weighted by Crippen LogP contribution is -2.36. The third kappa shape index (κ3) is 7.86. The van der Waals surface area contributed by atoms with Crippen molar-refractivity contribution < 1.29 is 27.6 Å². The first-order valence-electron chi connectivity index (χ1n) is 15.9. The lowest BCUT2D eigenvalue weighted by Gasteiger charge is -2.13. The Morgan fingerprint density at radius 3 is 1.30 bits per heavy atom. The van der Waals surface area contributed by atoms with Gasteiger partial charge in [0.15, 0.2) is 0 Å². The number of hydrogen-bond acceptors (Lipinski definition) is 5. The minimum absolute atomic E-state index is 0.221. The van der Waals surface area contributed by atoms with Crippen molar-refractivity contribution in [3.8, 4) is 50.8 Å². The van der Waals surface area contributed by atoms with E-state index >= 15 is 0 Å². The molecule has 0 atom stereocenters. The van der Waals surface area contributed by atoms with E-state index in [-0.39, 0.29) is 9.79 Å². The first-order valence-corrected chi connectivity index (χ1v) is 17.4. The average Bonchev–Trinajstić information content (AvgIpc) is 3.16. The topological polar surface area (TPSA) is 87.4 Å². The summed E-state index contributed by atoms with van der Waals surface area (Å²) in [7, 11) is -3.60. The molecule has 0 bridgehead atoms. The van der Waals surface area contributed by atoms with Gasteiger partial charge in [-0.3, -0.25) is 0 Å². The van der Waals surface area contributed by atoms with Gasteiger partial charge in [0.05, 0.1) is 9.79 Å². The van der Waals surface area contributed by atoms with Crippen molar-refractivity contribution in [2.75, 3.05) is 0 Å². The average molecular weight is 676 g/mol. The zero-order valence-electron chi connectivity index (χ0n) is 27.2. The van der Waals surface area contributed by atoms with Crippen LogP contribution in [0.3, 0.4) is 0 Å².